The molecule has 3 aliphatic rings. The van der Waals surface area contributed by atoms with Crippen LogP contribution in [0.3, 0.4) is 0 Å². The quantitative estimate of drug-likeness (QED) is 0.0739. The number of Topliss-reactive ketones (excluding diaryl/α,β-unsaturated/α-hetero) is 2. The molecule has 252 valence electrons. The van der Waals surface area contributed by atoms with E-state index in [1.807, 2.05) is 5.32 Å². The molecule has 2 unspecified atom stereocenters. The van der Waals surface area contributed by atoms with Gasteiger partial charge in [0.2, 0.25) is 11.7 Å². The third kappa shape index (κ3) is 5.06. The Morgan fingerprint density at radius 1 is 1.15 bits per heavy atom. The Bertz CT molecular complexity index is 1760. The van der Waals surface area contributed by atoms with E-state index in [0.717, 1.165) is 4.90 Å². The molecule has 4 rings (SSSR count). The van der Waals surface area contributed by atoms with Gasteiger partial charge < -0.3 is 40.6 Å². The first-order valence-electron chi connectivity index (χ1n) is 13.1. The van der Waals surface area contributed by atoms with Gasteiger partial charge >= 0.3 is 15.6 Å². The van der Waals surface area contributed by atoms with E-state index in [0.29, 0.717) is 0 Å². The largest absolute Gasteiger partial charge is 0.534 e. The van der Waals surface area contributed by atoms with Gasteiger partial charge in [-0.05, 0) is 38.4 Å². The number of halogens is 4. The molecular weight excluding hydrogens is 713 g/mol. The number of hydrogen-bond donors (Lipinski definition) is 6. The Balaban J connectivity index is 2.09. The molecule has 0 bridgehead atoms. The summed E-state index contributed by atoms with van der Waals surface area (Å²) in [6, 6.07) is -1.41. The Morgan fingerprint density at radius 2 is 1.74 bits per heavy atom. The van der Waals surface area contributed by atoms with Gasteiger partial charge in [0.15, 0.2) is 22.9 Å². The molecule has 1 aromatic rings. The molecule has 1 saturated carbocycles. The van der Waals surface area contributed by atoms with Crippen molar-refractivity contribution in [2.45, 2.75) is 30.0 Å². The number of nitrogens with one attached hydrogen (secondary N) is 1. The summed E-state index contributed by atoms with van der Waals surface area (Å²) in [5, 5.41) is 47.0. The molecule has 0 spiro atoms. The van der Waals surface area contributed by atoms with Crippen LogP contribution in [0.2, 0.25) is 0 Å². The van der Waals surface area contributed by atoms with Crippen molar-refractivity contribution in [3.05, 3.63) is 28.0 Å². The first-order chi connectivity index (χ1) is 21.0. The molecule has 0 aromatic heterocycles. The van der Waals surface area contributed by atoms with Gasteiger partial charge in [-0.1, -0.05) is 15.9 Å². The number of primary amides is 1. The zero-order valence-corrected chi connectivity index (χ0v) is 26.8. The predicted octanol–water partition coefficient (Wildman–Crippen LogP) is 0.592. The number of carbonyl (C=O) groups is 4. The average Bonchev–Trinajstić information content (AvgIpc) is 2.91. The van der Waals surface area contributed by atoms with Crippen LogP contribution in [0, 0.1) is 11.8 Å². The highest BCUT2D eigenvalue weighted by molar-refractivity contribution is 9.09. The minimum absolute atomic E-state index is 0.225. The molecule has 4 atom stereocenters. The molecular formula is C26H28BrF3N4O11S. The molecule has 1 fully saturated rings. The number of hydrogen-bond acceptors (Lipinski definition) is 13. The molecule has 2 amide bonds. The maximum atomic E-state index is 14.1. The number of likely N-dealkylation sites (N-methyl/N-ethyl adjacent to an activating group) is 1. The predicted molar refractivity (Wildman–Crippen MR) is 157 cm³/mol. The van der Waals surface area contributed by atoms with E-state index in [-0.39, 0.29) is 12.0 Å². The van der Waals surface area contributed by atoms with Crippen molar-refractivity contribution in [3.8, 4) is 11.5 Å². The average molecular weight is 741 g/mol. The van der Waals surface area contributed by atoms with Gasteiger partial charge in [0.1, 0.15) is 22.8 Å². The highest BCUT2D eigenvalue weighted by atomic mass is 79.9. The highest BCUT2D eigenvalue weighted by Gasteiger charge is 2.64. The van der Waals surface area contributed by atoms with E-state index in [1.54, 1.807) is 0 Å². The van der Waals surface area contributed by atoms with Crippen molar-refractivity contribution in [2.75, 3.05) is 43.7 Å². The summed E-state index contributed by atoms with van der Waals surface area (Å²) >= 11 is 2.82. The zero-order valence-electron chi connectivity index (χ0n) is 24.4. The second-order valence-electron chi connectivity index (χ2n) is 11.3. The molecule has 0 radical (unpaired) electrons. The smallest absolute Gasteiger partial charge is 0.508 e. The molecule has 46 heavy (non-hydrogen) atoms. The monoisotopic (exact) mass is 740 g/mol. The molecule has 15 nitrogen and oxygen atoms in total. The summed E-state index contributed by atoms with van der Waals surface area (Å²) in [5.41, 5.74) is -7.58. The number of aliphatic hydroxyl groups is 3. The van der Waals surface area contributed by atoms with Crippen molar-refractivity contribution in [1.82, 2.24) is 4.90 Å². The Hall–Kier alpha value is -3.88. The van der Waals surface area contributed by atoms with Crippen molar-refractivity contribution in [2.24, 2.45) is 17.6 Å². The number of aromatic hydroxyl groups is 1. The highest BCUT2D eigenvalue weighted by Crippen LogP contribution is 2.57. The lowest BCUT2D eigenvalue weighted by atomic mass is 9.57. The van der Waals surface area contributed by atoms with E-state index in [9.17, 15) is 61.2 Å². The van der Waals surface area contributed by atoms with Crippen molar-refractivity contribution in [1.29, 1.82) is 0 Å². The summed E-state index contributed by atoms with van der Waals surface area (Å²) in [7, 11) is -1.10. The lowest BCUT2D eigenvalue weighted by Gasteiger charge is -2.50. The molecule has 7 N–H and O–H groups in total. The van der Waals surface area contributed by atoms with Crippen LogP contribution in [-0.4, -0.2) is 108 Å². The first-order valence-corrected chi connectivity index (χ1v) is 15.7. The van der Waals surface area contributed by atoms with Crippen molar-refractivity contribution in [3.63, 3.8) is 0 Å². The number of nitrogens with two attached hydrogens (primary N) is 1. The van der Waals surface area contributed by atoms with Gasteiger partial charge in [-0.15, -0.1) is 0 Å². The summed E-state index contributed by atoms with van der Waals surface area (Å²) in [5.74, 6) is -12.2. The van der Waals surface area contributed by atoms with Crippen LogP contribution in [0.5, 0.6) is 11.5 Å². The van der Waals surface area contributed by atoms with Gasteiger partial charge in [-0.25, -0.2) is 0 Å². The number of phenols is 1. The molecule has 0 aliphatic heterocycles. The summed E-state index contributed by atoms with van der Waals surface area (Å²) in [4.78, 5) is 54.1. The minimum Gasteiger partial charge on any atom is -0.508 e. The van der Waals surface area contributed by atoms with E-state index >= 15 is 0 Å². The summed E-state index contributed by atoms with van der Waals surface area (Å²) in [6.45, 7) is 0. The van der Waals surface area contributed by atoms with Gasteiger partial charge in [-0.3, -0.25) is 24.1 Å². The van der Waals surface area contributed by atoms with Crippen LogP contribution in [-0.2, 0) is 35.7 Å². The number of aliphatic hydroxyl groups excluding tert-OH is 2. The number of fused-ring (bicyclic) bond motifs is 3. The van der Waals surface area contributed by atoms with Gasteiger partial charge in [-0.2, -0.15) is 21.6 Å². The third-order valence-corrected chi connectivity index (χ3v) is 9.59. The molecule has 0 saturated heterocycles. The lowest BCUT2D eigenvalue weighted by molar-refractivity contribution is -0.153. The van der Waals surface area contributed by atoms with E-state index in [1.165, 1.54) is 33.1 Å². The maximum Gasteiger partial charge on any atom is 0.534 e. The number of carbonyl (C=O) groups excluding carboxylic acids is 4. The van der Waals surface area contributed by atoms with Gasteiger partial charge in [0.25, 0.3) is 5.91 Å². The molecule has 3 aliphatic carbocycles. The summed E-state index contributed by atoms with van der Waals surface area (Å²) < 4.78 is 69.1. The number of nitrogens with zero attached hydrogens (tertiary/aromatic N) is 2. The second-order valence-corrected chi connectivity index (χ2v) is 13.4. The Morgan fingerprint density at radius 3 is 2.22 bits per heavy atom. The minimum atomic E-state index is -6.40. The standard InChI is InChI=1S/C26H28BrF3N4O11S/c1-33(2)16-9-5-8-6-10-17(34(3)4)20(38)14(24(31)41)23(40)25(10,42)22(39)12(8)18(36)13(9)19(37)15(32-11(35)7-27)21(16)45-46(43,44)26(28,29)30/h8,10,17,36-37,40,42H,5-7H2,1-4H3,(H2,31,41)(H,32,35)/t8?,10?,17-,25-/m0/s1. The van der Waals surface area contributed by atoms with Gasteiger partial charge in [0, 0.05) is 25.6 Å². The number of anilines is 2. The fraction of sp³-hybridized carbons (Fsp3) is 0.462. The number of amides is 2. The van der Waals surface area contributed by atoms with E-state index in [2.05, 4.69) is 20.1 Å². The Labute approximate surface area is 267 Å². The topological polar surface area (TPSA) is 237 Å². The number of alkyl halides is 4. The fourth-order valence-corrected chi connectivity index (χ4v) is 6.95. The number of rotatable bonds is 7. The summed E-state index contributed by atoms with van der Waals surface area (Å²) in [6.07, 6.45) is -0.788. The lowest BCUT2D eigenvalue weighted by Crippen LogP contribution is -2.65. The SMILES string of the molecule is CN(C)c1c2c(c(O)c(NC(=O)CBr)c1OS(=O)(=O)C(F)(F)F)C(O)=C1C(=O)[C@]3(O)C(O)=C(C(N)=O)C(=O)[C@@H](N(C)C)C3CC1C2. The number of phenolic OH excluding ortho intramolecular Hbond substituents is 1. The van der Waals surface area contributed by atoms with Crippen LogP contribution in [0.25, 0.3) is 5.76 Å². The molecule has 1 aromatic carbocycles. The number of ketones is 2. The van der Waals surface area contributed by atoms with Crippen molar-refractivity contribution < 1.29 is 65.4 Å². The van der Waals surface area contributed by atoms with Crippen molar-refractivity contribution >= 4 is 66.6 Å². The maximum absolute atomic E-state index is 14.1. The molecule has 20 heteroatoms. The normalized spacial score (nSPS) is 24.8. The molecule has 0 heterocycles. The second kappa shape index (κ2) is 11.4. The van der Waals surface area contributed by atoms with Crippen LogP contribution < -0.4 is 20.1 Å². The van der Waals surface area contributed by atoms with Crippen LogP contribution in [0.1, 0.15) is 17.5 Å². The first kappa shape index (κ1) is 35.0. The third-order valence-electron chi connectivity index (χ3n) is 8.13. The number of benzene rings is 1. The van der Waals surface area contributed by atoms with Crippen LogP contribution >= 0.6 is 15.9 Å². The van der Waals surface area contributed by atoms with Crippen LogP contribution in [0.4, 0.5) is 24.5 Å². The van der Waals surface area contributed by atoms with E-state index in [4.69, 9.17) is 5.73 Å². The van der Waals surface area contributed by atoms with Gasteiger partial charge in [0.05, 0.1) is 22.6 Å². The van der Waals surface area contributed by atoms with E-state index < -0.39 is 125 Å². The Kier molecular flexibility index (Phi) is 8.69. The van der Waals surface area contributed by atoms with Crippen LogP contribution in [0.15, 0.2) is 16.9 Å². The fourth-order valence-electron chi connectivity index (χ4n) is 6.34. The zero-order chi connectivity index (χ0) is 35.0.